The number of nitrogens with one attached hydrogen (secondary N) is 9. The predicted molar refractivity (Wildman–Crippen MR) is 261 cm³/mol. The second kappa shape index (κ2) is 27.2. The summed E-state index contributed by atoms with van der Waals surface area (Å²) < 4.78 is 0. The topological polar surface area (TPSA) is 333 Å². The molecule has 0 aliphatic carbocycles. The Kier molecular flexibility index (Phi) is 22.5. The van der Waals surface area contributed by atoms with Gasteiger partial charge in [0, 0.05) is 42.9 Å². The highest BCUT2D eigenvalue weighted by Crippen LogP contribution is 2.24. The molecule has 384 valence electrons. The molecule has 2 heterocycles. The normalized spacial score (nSPS) is 25.2. The molecule has 1 aromatic rings. The number of carboxylic acids is 1. The summed E-state index contributed by atoms with van der Waals surface area (Å²) in [4.78, 5) is 160. The Morgan fingerprint density at radius 3 is 2.11 bits per heavy atom. The summed E-state index contributed by atoms with van der Waals surface area (Å²) in [5, 5.41) is 32.0. The summed E-state index contributed by atoms with van der Waals surface area (Å²) in [6, 6.07) is -3.22. The molecule has 0 radical (unpaired) electrons. The van der Waals surface area contributed by atoms with Gasteiger partial charge in [0.2, 0.25) is 47.3 Å². The number of carbonyl (C=O) groups excluding carboxylic acids is 11. The van der Waals surface area contributed by atoms with Gasteiger partial charge in [-0.2, -0.15) is 24.4 Å². The lowest BCUT2D eigenvalue weighted by Gasteiger charge is -2.32. The molecular weight excluding hydrogens is 951 g/mol. The third kappa shape index (κ3) is 17.6. The maximum atomic E-state index is 14.3. The van der Waals surface area contributed by atoms with Gasteiger partial charge < -0.3 is 53.0 Å². The van der Waals surface area contributed by atoms with E-state index >= 15 is 0 Å². The van der Waals surface area contributed by atoms with Crippen molar-refractivity contribution in [1.29, 1.82) is 0 Å². The molecule has 0 bridgehead atoms. The van der Waals surface area contributed by atoms with Gasteiger partial charge in [-0.1, -0.05) is 44.2 Å². The number of aryl methyl sites for hydroxylation is 1. The Morgan fingerprint density at radius 2 is 1.51 bits per heavy atom. The van der Waals surface area contributed by atoms with Crippen molar-refractivity contribution in [3.05, 3.63) is 41.5 Å². The molecule has 3 rings (SSSR count). The fourth-order valence-corrected chi connectivity index (χ4v) is 8.70. The molecule has 9 amide bonds. The van der Waals surface area contributed by atoms with E-state index < -0.39 is 150 Å². The molecule has 2 aliphatic heterocycles. The number of aliphatic carboxylic acids is 1. The molecule has 2 saturated heterocycles. The second-order valence-electron chi connectivity index (χ2n) is 17.7. The lowest BCUT2D eigenvalue weighted by atomic mass is 9.88. The molecule has 10 N–H and O–H groups in total. The highest BCUT2D eigenvalue weighted by atomic mass is 32.2. The first-order valence-corrected chi connectivity index (χ1v) is 24.5. The minimum atomic E-state index is -1.79. The first-order chi connectivity index (χ1) is 32.9. The van der Waals surface area contributed by atoms with Crippen molar-refractivity contribution < 1.29 is 62.6 Å². The number of amides is 9. The van der Waals surface area contributed by atoms with Crippen LogP contribution in [0.1, 0.15) is 91.2 Å². The van der Waals surface area contributed by atoms with E-state index in [0.717, 1.165) is 36.7 Å². The third-order valence-corrected chi connectivity index (χ3v) is 13.0. The zero-order valence-corrected chi connectivity index (χ0v) is 42.0. The molecule has 0 unspecified atom stereocenters. The van der Waals surface area contributed by atoms with Crippen molar-refractivity contribution in [2.24, 2.45) is 5.92 Å². The van der Waals surface area contributed by atoms with Gasteiger partial charge in [0.25, 0.3) is 5.91 Å². The van der Waals surface area contributed by atoms with Gasteiger partial charge >= 0.3 is 5.97 Å². The summed E-state index contributed by atoms with van der Waals surface area (Å²) in [6.07, 6.45) is 0.111. The average Bonchev–Trinajstić information content (AvgIpc) is 3.30. The number of hydrogen-bond donors (Lipinski definition) is 11. The van der Waals surface area contributed by atoms with E-state index in [9.17, 15) is 62.6 Å². The van der Waals surface area contributed by atoms with Crippen LogP contribution in [0, 0.1) is 12.8 Å². The van der Waals surface area contributed by atoms with E-state index in [1.54, 1.807) is 19.1 Å². The predicted octanol–water partition coefficient (Wildman–Crippen LogP) is -1.27. The van der Waals surface area contributed by atoms with E-state index in [4.69, 9.17) is 0 Å². The lowest BCUT2D eigenvalue weighted by Crippen LogP contribution is -2.62. The fourth-order valence-electron chi connectivity index (χ4n) is 7.47. The molecule has 2 aliphatic rings. The van der Waals surface area contributed by atoms with Gasteiger partial charge in [0.15, 0.2) is 17.6 Å². The van der Waals surface area contributed by atoms with Crippen LogP contribution < -0.4 is 47.9 Å². The van der Waals surface area contributed by atoms with E-state index in [1.807, 2.05) is 39.0 Å². The highest BCUT2D eigenvalue weighted by Gasteiger charge is 2.41. The van der Waals surface area contributed by atoms with Gasteiger partial charge in [0.1, 0.15) is 36.3 Å². The van der Waals surface area contributed by atoms with Gasteiger partial charge in [0.05, 0.1) is 12.1 Å². The molecule has 0 saturated carbocycles. The third-order valence-electron chi connectivity index (χ3n) is 11.6. The summed E-state index contributed by atoms with van der Waals surface area (Å²) in [7, 11) is 0. The maximum absolute atomic E-state index is 14.3. The van der Waals surface area contributed by atoms with Crippen LogP contribution in [-0.2, 0) is 57.5 Å². The van der Waals surface area contributed by atoms with E-state index in [2.05, 4.69) is 60.5 Å². The molecule has 22 nitrogen and oxygen atoms in total. The lowest BCUT2D eigenvalue weighted by molar-refractivity contribution is -0.138. The molecule has 0 spiro atoms. The minimum Gasteiger partial charge on any atom is -0.481 e. The summed E-state index contributed by atoms with van der Waals surface area (Å²) in [5.41, 5.74) is 0.510. The van der Waals surface area contributed by atoms with Crippen LogP contribution in [0.15, 0.2) is 30.3 Å². The van der Waals surface area contributed by atoms with Crippen LogP contribution in [0.2, 0.25) is 0 Å². The molecule has 70 heavy (non-hydrogen) atoms. The Labute approximate surface area is 415 Å². The van der Waals surface area contributed by atoms with E-state index in [1.165, 1.54) is 6.92 Å². The summed E-state index contributed by atoms with van der Waals surface area (Å²) >= 11 is 5.27. The summed E-state index contributed by atoms with van der Waals surface area (Å²) in [6.45, 7) is 10.1. The maximum Gasteiger partial charge on any atom is 0.303 e. The molecule has 0 aromatic heterocycles. The quantitative estimate of drug-likeness (QED) is 0.0722. The molecular formula is C46H65N9O13S2. The van der Waals surface area contributed by atoms with Crippen molar-refractivity contribution in [3.63, 3.8) is 0 Å². The molecule has 8 atom stereocenters. The Hall–Kier alpha value is -6.30. The molecule has 1 aromatic carbocycles. The second-order valence-corrected chi connectivity index (χ2v) is 19.3. The summed E-state index contributed by atoms with van der Waals surface area (Å²) in [5.74, 6) is -11.4. The first kappa shape index (κ1) is 58.0. The van der Waals surface area contributed by atoms with Crippen molar-refractivity contribution >= 4 is 101 Å². The number of carboxylic acid groups (broad SMARTS) is 1. The first-order valence-electron chi connectivity index (χ1n) is 22.7. The van der Waals surface area contributed by atoms with Crippen LogP contribution >= 0.6 is 24.4 Å². The average molecular weight is 1020 g/mol. The molecule has 24 heteroatoms. The number of carbonyl (C=O) groups is 12. The number of Topliss-reactive ketones (excluding diaryl/α,β-unsaturated/α-hetero) is 2. The van der Waals surface area contributed by atoms with Crippen molar-refractivity contribution in [2.45, 2.75) is 135 Å². The number of thiol groups is 1. The van der Waals surface area contributed by atoms with Gasteiger partial charge in [-0.3, -0.25) is 57.5 Å². The number of rotatable bonds is 15. The SMILES string of the molecule is C/C=C(/C[C@@H]1NC(=O)[C@H](CC(C)C)NC(=O)CCSC[C@@H](C(=O)N[C@H](CS)C(=O)N[C@H]2C[C@@](C)(C(C)=O)NC(=O)CNC(=O)[C@H](C(C)=O)NC2=O)NC(=O)[C@H](CCC(=O)O)NC1=O)c1ccccc1C. The van der Waals surface area contributed by atoms with Gasteiger partial charge in [-0.15, -0.1) is 0 Å². The van der Waals surface area contributed by atoms with E-state index in [0.29, 0.717) is 5.57 Å². The number of allylic oxidation sites excluding steroid dienone is 1. The smallest absolute Gasteiger partial charge is 0.303 e. The number of hydrogen-bond acceptors (Lipinski definition) is 14. The van der Waals surface area contributed by atoms with Crippen LogP contribution in [0.3, 0.4) is 0 Å². The zero-order chi connectivity index (χ0) is 52.5. The van der Waals surface area contributed by atoms with E-state index in [-0.39, 0.29) is 36.7 Å². The van der Waals surface area contributed by atoms with Crippen LogP contribution in [0.4, 0.5) is 0 Å². The Morgan fingerprint density at radius 1 is 0.871 bits per heavy atom. The fraction of sp³-hybridized carbons (Fsp3) is 0.565. The van der Waals surface area contributed by atoms with Crippen LogP contribution in [0.5, 0.6) is 0 Å². The van der Waals surface area contributed by atoms with Crippen molar-refractivity contribution in [2.75, 3.05) is 23.8 Å². The van der Waals surface area contributed by atoms with Crippen LogP contribution in [-0.4, -0.2) is 147 Å². The Bertz CT molecular complexity index is 2220. The minimum absolute atomic E-state index is 0.0718. The van der Waals surface area contributed by atoms with Gasteiger partial charge in [-0.25, -0.2) is 0 Å². The Balaban J connectivity index is 2.01. The molecule has 2 fully saturated rings. The largest absolute Gasteiger partial charge is 0.481 e. The zero-order valence-electron chi connectivity index (χ0n) is 40.3. The number of thioether (sulfide) groups is 1. The number of benzene rings is 1. The standard InChI is InChI=1S/C46H65N9O13S2/c1-8-27(28-12-10-9-11-24(28)4)18-31-41(64)49-29(13-14-37(60)61)39(62)53-34(22-70-16-15-35(58)48-30(17-23(2)3)40(63)50-31)44(67)52-33(21-69)43(66)51-32-19-46(7,26(6)57)55-36(59)20-47-45(68)38(25(5)56)54-42(32)65/h8-12,23,29-34,38,69H,13-22H2,1-7H3,(H,47,68)(H,48,58)(H,49,64)(H,50,63)(H,51,66)(H,52,67)(H,53,62)(H,54,65)(H,55,59)(H,60,61)/b27-8-/t29-,30-,31-,32-,33+,34-,38-,46-/m0/s1. The number of ketones is 2. The van der Waals surface area contributed by atoms with Crippen LogP contribution in [0.25, 0.3) is 5.57 Å². The highest BCUT2D eigenvalue weighted by molar-refractivity contribution is 7.99. The monoisotopic (exact) mass is 1020 g/mol. The van der Waals surface area contributed by atoms with Gasteiger partial charge in [-0.05, 0) is 70.1 Å². The van der Waals surface area contributed by atoms with Crippen molar-refractivity contribution in [1.82, 2.24) is 47.9 Å². The van der Waals surface area contributed by atoms with Crippen molar-refractivity contribution in [3.8, 4) is 0 Å².